The summed E-state index contributed by atoms with van der Waals surface area (Å²) in [7, 11) is -0.118. The number of para-hydroxylation sites is 1. The molecule has 2 atom stereocenters. The number of benzene rings is 2. The van der Waals surface area contributed by atoms with E-state index in [1.54, 1.807) is 31.2 Å². The fourth-order valence-corrected chi connectivity index (χ4v) is 4.75. The van der Waals surface area contributed by atoms with E-state index in [4.69, 9.17) is 4.74 Å². The van der Waals surface area contributed by atoms with E-state index in [1.807, 2.05) is 13.8 Å². The zero-order valence-corrected chi connectivity index (χ0v) is 23.1. The van der Waals surface area contributed by atoms with Gasteiger partial charge in [0.2, 0.25) is 11.8 Å². The third-order valence-corrected chi connectivity index (χ3v) is 7.82. The van der Waals surface area contributed by atoms with Crippen LogP contribution < -0.4 is 14.4 Å². The molecule has 0 fully saturated rings. The average molecular weight is 537 g/mol. The minimum atomic E-state index is -4.24. The van der Waals surface area contributed by atoms with Crippen LogP contribution in [0.2, 0.25) is 0 Å². The number of methoxy groups -OCH3 is 1. The molecule has 1 N–H and O–H groups in total. The maximum Gasteiger partial charge on any atom is 0.304 e. The highest BCUT2D eigenvalue weighted by atomic mass is 32.2. The Morgan fingerprint density at radius 3 is 2.30 bits per heavy atom. The van der Waals surface area contributed by atoms with Crippen molar-refractivity contribution in [1.29, 1.82) is 0 Å². The Balaban J connectivity index is 2.54. The summed E-state index contributed by atoms with van der Waals surface area (Å²) in [6.07, 6.45) is 0.992. The van der Waals surface area contributed by atoms with Crippen LogP contribution in [-0.4, -0.2) is 69.3 Å². The smallest absolute Gasteiger partial charge is 0.304 e. The number of hydrogen-bond donors (Lipinski definition) is 1. The first-order valence-corrected chi connectivity index (χ1v) is 13.5. The molecule has 2 aromatic rings. The maximum absolute atomic E-state index is 14.7. The van der Waals surface area contributed by atoms with E-state index >= 15 is 0 Å². The van der Waals surface area contributed by atoms with Crippen molar-refractivity contribution in [2.75, 3.05) is 32.1 Å². The third-order valence-electron chi connectivity index (χ3n) is 6.01. The summed E-state index contributed by atoms with van der Waals surface area (Å²) in [5.74, 6) is -1.21. The number of halogens is 1. The van der Waals surface area contributed by atoms with Gasteiger partial charge in [-0.15, -0.1) is 0 Å². The Morgan fingerprint density at radius 1 is 1.05 bits per heavy atom. The minimum Gasteiger partial charge on any atom is -0.497 e. The molecule has 0 saturated heterocycles. The lowest BCUT2D eigenvalue weighted by Crippen LogP contribution is -2.54. The summed E-state index contributed by atoms with van der Waals surface area (Å²) in [6.45, 7) is 4.90. The number of nitrogens with zero attached hydrogens (tertiary/aromatic N) is 3. The second kappa shape index (κ2) is 13.4. The van der Waals surface area contributed by atoms with Gasteiger partial charge in [-0.2, -0.15) is 12.7 Å². The second-order valence-electron chi connectivity index (χ2n) is 8.86. The van der Waals surface area contributed by atoms with Crippen molar-refractivity contribution in [3.63, 3.8) is 0 Å². The number of amides is 2. The van der Waals surface area contributed by atoms with E-state index in [2.05, 4.69) is 5.32 Å². The molecule has 0 aliphatic carbocycles. The predicted molar refractivity (Wildman–Crippen MR) is 142 cm³/mol. The Morgan fingerprint density at radius 2 is 1.73 bits per heavy atom. The quantitative estimate of drug-likeness (QED) is 0.424. The van der Waals surface area contributed by atoms with Crippen LogP contribution in [0.1, 0.15) is 39.2 Å². The van der Waals surface area contributed by atoms with E-state index in [1.165, 1.54) is 44.3 Å². The van der Waals surface area contributed by atoms with Crippen molar-refractivity contribution in [2.45, 2.75) is 52.2 Å². The summed E-state index contributed by atoms with van der Waals surface area (Å²) in [5.41, 5.74) is 0.429. The molecule has 2 aromatic carbocycles. The molecule has 2 amide bonds. The van der Waals surface area contributed by atoms with Crippen LogP contribution in [-0.2, 0) is 26.3 Å². The van der Waals surface area contributed by atoms with E-state index < -0.39 is 34.5 Å². The number of ether oxygens (including phenoxy) is 1. The van der Waals surface area contributed by atoms with Crippen LogP contribution in [0.15, 0.2) is 48.5 Å². The van der Waals surface area contributed by atoms with Crippen LogP contribution in [0, 0.1) is 5.82 Å². The van der Waals surface area contributed by atoms with Crippen LogP contribution in [0.3, 0.4) is 0 Å². The second-order valence-corrected chi connectivity index (χ2v) is 10.9. The lowest BCUT2D eigenvalue weighted by atomic mass is 10.1. The van der Waals surface area contributed by atoms with Crippen molar-refractivity contribution in [3.8, 4) is 5.75 Å². The van der Waals surface area contributed by atoms with Crippen molar-refractivity contribution in [3.05, 3.63) is 59.9 Å². The third kappa shape index (κ3) is 7.65. The van der Waals surface area contributed by atoms with Crippen molar-refractivity contribution in [2.24, 2.45) is 0 Å². The van der Waals surface area contributed by atoms with Gasteiger partial charge in [-0.3, -0.25) is 9.59 Å². The number of carbonyl (C=O) groups excluding carboxylic acids is 2. The first-order valence-electron chi connectivity index (χ1n) is 12.1. The molecule has 0 aliphatic rings. The number of nitrogens with one attached hydrogen (secondary N) is 1. The van der Waals surface area contributed by atoms with Crippen LogP contribution in [0.5, 0.6) is 5.75 Å². The van der Waals surface area contributed by atoms with E-state index in [0.717, 1.165) is 14.7 Å². The van der Waals surface area contributed by atoms with E-state index in [-0.39, 0.29) is 30.6 Å². The molecule has 9 nitrogen and oxygen atoms in total. The molecule has 204 valence electrons. The Bertz CT molecular complexity index is 1180. The molecule has 0 heterocycles. The van der Waals surface area contributed by atoms with Crippen LogP contribution in [0.4, 0.5) is 10.1 Å². The lowest BCUT2D eigenvalue weighted by Gasteiger charge is -2.34. The van der Waals surface area contributed by atoms with Crippen molar-refractivity contribution < 1.29 is 27.1 Å². The lowest BCUT2D eigenvalue weighted by molar-refractivity contribution is -0.140. The molecule has 0 aromatic heterocycles. The summed E-state index contributed by atoms with van der Waals surface area (Å²) in [5, 5.41) is 2.91. The molecule has 0 radical (unpaired) electrons. The first kappa shape index (κ1) is 30.0. The van der Waals surface area contributed by atoms with Crippen LogP contribution in [0.25, 0.3) is 0 Å². The summed E-state index contributed by atoms with van der Waals surface area (Å²) < 4.78 is 48.0. The van der Waals surface area contributed by atoms with Gasteiger partial charge in [0.25, 0.3) is 0 Å². The number of hydrogen-bond acceptors (Lipinski definition) is 5. The molecular weight excluding hydrogens is 499 g/mol. The van der Waals surface area contributed by atoms with Gasteiger partial charge in [0, 0.05) is 26.7 Å². The molecule has 0 spiro atoms. The first-order chi connectivity index (χ1) is 17.5. The monoisotopic (exact) mass is 536 g/mol. The van der Waals surface area contributed by atoms with Gasteiger partial charge in [0.15, 0.2) is 0 Å². The van der Waals surface area contributed by atoms with Gasteiger partial charge in [-0.25, -0.2) is 8.70 Å². The minimum absolute atomic E-state index is 0.0234. The van der Waals surface area contributed by atoms with Crippen LogP contribution >= 0.6 is 0 Å². The Labute approximate surface area is 219 Å². The average Bonchev–Trinajstić information content (AvgIpc) is 2.87. The normalized spacial score (nSPS) is 13.1. The fraction of sp³-hybridized carbons (Fsp3) is 0.462. The SMILES string of the molecule is CC[C@@H](C)NC(=O)[C@H](CC)N(Cc1cccc(OC)c1)C(=O)CN(c1ccccc1F)S(=O)(=O)N(C)C. The summed E-state index contributed by atoms with van der Waals surface area (Å²) in [6, 6.07) is 11.4. The van der Waals surface area contributed by atoms with E-state index in [0.29, 0.717) is 17.7 Å². The standard InChI is InChI=1S/C26H37FN4O5S/c1-7-19(3)28-26(33)23(8-2)30(17-20-12-11-13-21(16-20)36-6)25(32)18-31(37(34,35)29(4)5)24-15-10-9-14-22(24)27/h9-16,19,23H,7-8,17-18H2,1-6H3,(H,28,33)/t19-,23+/m1/s1. The zero-order valence-electron chi connectivity index (χ0n) is 22.3. The highest BCUT2D eigenvalue weighted by molar-refractivity contribution is 7.90. The Hall–Kier alpha value is -3.18. The maximum atomic E-state index is 14.7. The van der Waals surface area contributed by atoms with Gasteiger partial charge in [0.1, 0.15) is 24.2 Å². The summed E-state index contributed by atoms with van der Waals surface area (Å²) >= 11 is 0. The van der Waals surface area contributed by atoms with E-state index in [9.17, 15) is 22.4 Å². The molecule has 0 saturated carbocycles. The van der Waals surface area contributed by atoms with Gasteiger partial charge < -0.3 is 15.0 Å². The fourth-order valence-electron chi connectivity index (χ4n) is 3.68. The van der Waals surface area contributed by atoms with Gasteiger partial charge >= 0.3 is 10.2 Å². The zero-order chi connectivity index (χ0) is 27.8. The van der Waals surface area contributed by atoms with Gasteiger partial charge in [-0.05, 0) is 49.6 Å². The van der Waals surface area contributed by atoms with Gasteiger partial charge in [0.05, 0.1) is 12.8 Å². The molecule has 11 heteroatoms. The highest BCUT2D eigenvalue weighted by Gasteiger charge is 2.34. The molecule has 0 bridgehead atoms. The molecule has 0 aliphatic heterocycles. The number of carbonyl (C=O) groups is 2. The summed E-state index contributed by atoms with van der Waals surface area (Å²) in [4.78, 5) is 28.3. The number of anilines is 1. The van der Waals surface area contributed by atoms with Crippen molar-refractivity contribution >= 4 is 27.7 Å². The molecule has 0 unspecified atom stereocenters. The predicted octanol–water partition coefficient (Wildman–Crippen LogP) is 3.17. The highest BCUT2D eigenvalue weighted by Crippen LogP contribution is 2.24. The van der Waals surface area contributed by atoms with Crippen molar-refractivity contribution in [1.82, 2.24) is 14.5 Å². The van der Waals surface area contributed by atoms with Gasteiger partial charge in [-0.1, -0.05) is 38.1 Å². The molecule has 37 heavy (non-hydrogen) atoms. The molecular formula is C26H37FN4O5S. The topological polar surface area (TPSA) is 99.3 Å². The molecule has 2 rings (SSSR count). The largest absolute Gasteiger partial charge is 0.497 e. The Kier molecular flexibility index (Phi) is 10.9. The number of rotatable bonds is 13.